The van der Waals surface area contributed by atoms with E-state index in [-0.39, 0.29) is 21.1 Å². The number of carbonyl (C=O) groups excluding carboxylic acids is 1. The van der Waals surface area contributed by atoms with Crippen molar-refractivity contribution < 1.29 is 39.9 Å². The smallest absolute Gasteiger partial charge is 0.298 e. The summed E-state index contributed by atoms with van der Waals surface area (Å²) in [5.41, 5.74) is 1.02. The fourth-order valence-corrected chi connectivity index (χ4v) is 4.44. The van der Waals surface area contributed by atoms with Crippen LogP contribution in [-0.4, -0.2) is 12.1 Å². The van der Waals surface area contributed by atoms with Crippen LogP contribution in [0.25, 0.3) is 5.83 Å². The lowest BCUT2D eigenvalue weighted by Crippen LogP contribution is -2.31. The number of hydrogen-bond acceptors (Lipinski definition) is 2. The molecule has 0 aromatic heterocycles. The molecule has 0 radical (unpaired) electrons. The van der Waals surface area contributed by atoms with Crippen molar-refractivity contribution in [2.75, 3.05) is 5.43 Å². The molecule has 37 heavy (non-hydrogen) atoms. The number of nitrogens with one attached hydrogen (secondary N) is 2. The number of rotatable bonds is 6. The molecule has 13 heteroatoms. The van der Waals surface area contributed by atoms with Crippen LogP contribution in [0.1, 0.15) is 33.0 Å². The van der Waals surface area contributed by atoms with Crippen molar-refractivity contribution in [2.24, 2.45) is 0 Å². The van der Waals surface area contributed by atoms with Gasteiger partial charge in [-0.15, -0.1) is 0 Å². The highest BCUT2D eigenvalue weighted by molar-refractivity contribution is 9.11. The minimum absolute atomic E-state index is 0.0817. The molecule has 0 saturated carbocycles. The van der Waals surface area contributed by atoms with E-state index in [1.54, 1.807) is 18.2 Å². The molecule has 0 spiro atoms. The van der Waals surface area contributed by atoms with E-state index in [2.05, 4.69) is 42.7 Å². The molecule has 0 aliphatic carbocycles. The second kappa shape index (κ2) is 11.2. The Morgan fingerprint density at radius 1 is 0.892 bits per heavy atom. The Hall–Kier alpha value is -2.93. The number of halogens is 10. The van der Waals surface area contributed by atoms with Crippen LogP contribution in [0, 0.1) is 5.82 Å². The summed E-state index contributed by atoms with van der Waals surface area (Å²) in [6, 6.07) is 11.2. The maximum Gasteiger partial charge on any atom is 0.417 e. The Balaban J connectivity index is 1.99. The summed E-state index contributed by atoms with van der Waals surface area (Å²) in [5, 5.41) is 0. The summed E-state index contributed by atoms with van der Waals surface area (Å²) in [4.78, 5) is 12.4. The molecule has 196 valence electrons. The first-order valence-corrected chi connectivity index (χ1v) is 11.7. The van der Waals surface area contributed by atoms with Crippen LogP contribution >= 0.6 is 31.9 Å². The molecule has 0 aliphatic heterocycles. The SMILES string of the molecule is O=C(NNc1ccccc1)c1ccc(C(F)=CC(c2cc(Br)c(F)c(Br)c2)C(F)(F)F)cc1C(F)(F)F. The van der Waals surface area contributed by atoms with Gasteiger partial charge in [-0.25, -0.2) is 8.78 Å². The van der Waals surface area contributed by atoms with Gasteiger partial charge in [-0.3, -0.25) is 15.6 Å². The molecule has 3 rings (SSSR count). The Morgan fingerprint density at radius 2 is 1.49 bits per heavy atom. The van der Waals surface area contributed by atoms with Crippen molar-refractivity contribution in [2.45, 2.75) is 18.3 Å². The third-order valence-electron chi connectivity index (χ3n) is 4.97. The minimum Gasteiger partial charge on any atom is -0.298 e. The molecule has 0 fully saturated rings. The first-order chi connectivity index (χ1) is 17.2. The van der Waals surface area contributed by atoms with E-state index in [9.17, 15) is 39.9 Å². The first kappa shape index (κ1) is 28.6. The number of amides is 1. The van der Waals surface area contributed by atoms with Crippen LogP contribution in [0.2, 0.25) is 0 Å². The van der Waals surface area contributed by atoms with E-state index < -0.39 is 58.1 Å². The van der Waals surface area contributed by atoms with Crippen LogP contribution < -0.4 is 10.9 Å². The van der Waals surface area contributed by atoms with Crippen LogP contribution in [0.3, 0.4) is 0 Å². The van der Waals surface area contributed by atoms with E-state index in [1.807, 2.05) is 0 Å². The summed E-state index contributed by atoms with van der Waals surface area (Å²) in [5.74, 6) is -6.34. The number of benzene rings is 3. The van der Waals surface area contributed by atoms with Crippen LogP contribution in [-0.2, 0) is 6.18 Å². The topological polar surface area (TPSA) is 41.1 Å². The number of allylic oxidation sites excluding steroid dienone is 1. The Kier molecular flexibility index (Phi) is 8.68. The van der Waals surface area contributed by atoms with E-state index >= 15 is 0 Å². The van der Waals surface area contributed by atoms with Crippen LogP contribution in [0.5, 0.6) is 0 Å². The van der Waals surface area contributed by atoms with Crippen molar-refractivity contribution in [1.82, 2.24) is 5.43 Å². The number of anilines is 1. The van der Waals surface area contributed by atoms with Crippen molar-refractivity contribution >= 4 is 49.3 Å². The van der Waals surface area contributed by atoms with Crippen molar-refractivity contribution in [3.63, 3.8) is 0 Å². The van der Waals surface area contributed by atoms with Crippen molar-refractivity contribution in [3.05, 3.63) is 104 Å². The molecule has 1 amide bonds. The first-order valence-electron chi connectivity index (χ1n) is 10.1. The summed E-state index contributed by atoms with van der Waals surface area (Å²) in [6.45, 7) is 0. The van der Waals surface area contributed by atoms with E-state index in [0.29, 0.717) is 11.8 Å². The van der Waals surface area contributed by atoms with Gasteiger partial charge in [0, 0.05) is 5.56 Å². The number of carbonyl (C=O) groups is 1. The Bertz CT molecular complexity index is 1300. The molecule has 2 N–H and O–H groups in total. The fourth-order valence-electron chi connectivity index (χ4n) is 3.22. The second-order valence-corrected chi connectivity index (χ2v) is 9.24. The standard InChI is InChI=1S/C24H14Br2F8N2O/c25-18-9-13(10-19(26)21(18)28)16(23(29,30)31)11-20(27)12-6-7-15(17(8-12)24(32,33)34)22(37)36-35-14-4-2-1-3-5-14/h1-11,16,35H,(H,36,37). The lowest BCUT2D eigenvalue weighted by Gasteiger charge is -2.19. The van der Waals surface area contributed by atoms with Crippen LogP contribution in [0.15, 0.2) is 75.7 Å². The highest BCUT2D eigenvalue weighted by atomic mass is 79.9. The van der Waals surface area contributed by atoms with Gasteiger partial charge in [-0.1, -0.05) is 24.3 Å². The van der Waals surface area contributed by atoms with Crippen LogP contribution in [0.4, 0.5) is 40.8 Å². The monoisotopic (exact) mass is 656 g/mol. The zero-order chi connectivity index (χ0) is 27.5. The molecule has 1 atom stereocenters. The third kappa shape index (κ3) is 7.10. The van der Waals surface area contributed by atoms with Gasteiger partial charge in [0.05, 0.1) is 25.8 Å². The van der Waals surface area contributed by atoms with Gasteiger partial charge in [0.25, 0.3) is 5.91 Å². The van der Waals surface area contributed by atoms with Gasteiger partial charge in [-0.2, -0.15) is 26.3 Å². The predicted octanol–water partition coefficient (Wildman–Crippen LogP) is 8.78. The minimum atomic E-state index is -5.13. The lowest BCUT2D eigenvalue weighted by molar-refractivity contribution is -0.140. The second-order valence-electron chi connectivity index (χ2n) is 7.54. The number of hydrogen-bond donors (Lipinski definition) is 2. The highest BCUT2D eigenvalue weighted by Crippen LogP contribution is 2.41. The quantitative estimate of drug-likeness (QED) is 0.158. The highest BCUT2D eigenvalue weighted by Gasteiger charge is 2.41. The molecule has 0 heterocycles. The normalized spacial score (nSPS) is 13.3. The molecular weight excluding hydrogens is 644 g/mol. The van der Waals surface area contributed by atoms with Gasteiger partial charge < -0.3 is 0 Å². The molecule has 3 nitrogen and oxygen atoms in total. The molecule has 0 bridgehead atoms. The number of alkyl halides is 6. The van der Waals surface area contributed by atoms with Gasteiger partial charge in [0.15, 0.2) is 5.82 Å². The predicted molar refractivity (Wildman–Crippen MR) is 129 cm³/mol. The molecular formula is C24H14Br2F8N2O. The molecule has 1 unspecified atom stereocenters. The molecule has 0 aliphatic rings. The average molecular weight is 658 g/mol. The number of para-hydroxylation sites is 1. The van der Waals surface area contributed by atoms with Gasteiger partial charge in [-0.05, 0) is 79.9 Å². The summed E-state index contributed by atoms with van der Waals surface area (Å²) >= 11 is 5.54. The van der Waals surface area contributed by atoms with Gasteiger partial charge in [0.1, 0.15) is 11.7 Å². The molecule has 3 aromatic rings. The molecule has 0 saturated heterocycles. The maximum atomic E-state index is 14.9. The van der Waals surface area contributed by atoms with Gasteiger partial charge in [0.2, 0.25) is 0 Å². The van der Waals surface area contributed by atoms with E-state index in [4.69, 9.17) is 0 Å². The van der Waals surface area contributed by atoms with Gasteiger partial charge >= 0.3 is 12.4 Å². The third-order valence-corrected chi connectivity index (χ3v) is 6.12. The van der Waals surface area contributed by atoms with Crippen molar-refractivity contribution in [1.29, 1.82) is 0 Å². The van der Waals surface area contributed by atoms with Crippen molar-refractivity contribution in [3.8, 4) is 0 Å². The Labute approximate surface area is 221 Å². The summed E-state index contributed by atoms with van der Waals surface area (Å²) < 4.78 is 110. The lowest BCUT2D eigenvalue weighted by atomic mass is 9.95. The van der Waals surface area contributed by atoms with E-state index in [0.717, 1.165) is 18.2 Å². The zero-order valence-electron chi connectivity index (χ0n) is 18.1. The fraction of sp³-hybridized carbons (Fsp3) is 0.125. The summed E-state index contributed by atoms with van der Waals surface area (Å²) in [6.07, 6.45) is -10.1. The largest absolute Gasteiger partial charge is 0.417 e. The van der Waals surface area contributed by atoms with E-state index in [1.165, 1.54) is 12.1 Å². The zero-order valence-corrected chi connectivity index (χ0v) is 21.3. The summed E-state index contributed by atoms with van der Waals surface area (Å²) in [7, 11) is 0. The molecule has 3 aromatic carbocycles. The Morgan fingerprint density at radius 3 is 2.03 bits per heavy atom. The average Bonchev–Trinajstić information content (AvgIpc) is 2.83. The number of hydrazine groups is 1. The maximum absolute atomic E-state index is 14.9.